The number of nitrogen functional groups attached to an aromatic ring is 1. The highest BCUT2D eigenvalue weighted by atomic mass is 35.5. The summed E-state index contributed by atoms with van der Waals surface area (Å²) in [6.07, 6.45) is 0. The second-order valence-corrected chi connectivity index (χ2v) is 4.23. The molecule has 3 aromatic rings. The van der Waals surface area contributed by atoms with Crippen LogP contribution in [0.15, 0.2) is 22.6 Å². The van der Waals surface area contributed by atoms with E-state index >= 15 is 0 Å². The average molecular weight is 249 g/mol. The molecule has 17 heavy (non-hydrogen) atoms. The van der Waals surface area contributed by atoms with Crippen molar-refractivity contribution in [3.63, 3.8) is 0 Å². The molecule has 0 unspecified atom stereocenters. The number of aromatic nitrogens is 3. The molecule has 0 aliphatic carbocycles. The first-order valence-electron chi connectivity index (χ1n) is 5.01. The van der Waals surface area contributed by atoms with E-state index < -0.39 is 0 Å². The van der Waals surface area contributed by atoms with Crippen molar-refractivity contribution in [2.45, 2.75) is 6.92 Å². The van der Waals surface area contributed by atoms with Crippen LogP contribution in [0, 0.1) is 6.92 Å². The minimum absolute atomic E-state index is 0.400. The SMILES string of the molecule is Cc1cc(Cl)cc2nc(-c3cc(N)n[nH]3)oc12. The number of nitrogens with two attached hydrogens (primary N) is 1. The maximum absolute atomic E-state index is 5.96. The molecule has 0 radical (unpaired) electrons. The second kappa shape index (κ2) is 3.49. The fraction of sp³-hybridized carbons (Fsp3) is 0.0909. The van der Waals surface area contributed by atoms with Gasteiger partial charge in [-0.3, -0.25) is 5.10 Å². The van der Waals surface area contributed by atoms with Gasteiger partial charge in [0.2, 0.25) is 5.89 Å². The first kappa shape index (κ1) is 10.2. The molecule has 0 atom stereocenters. The van der Waals surface area contributed by atoms with Crippen molar-refractivity contribution in [1.82, 2.24) is 15.2 Å². The van der Waals surface area contributed by atoms with E-state index in [-0.39, 0.29) is 0 Å². The number of halogens is 1. The average Bonchev–Trinajstić information content (AvgIpc) is 2.83. The lowest BCUT2D eigenvalue weighted by Gasteiger charge is -1.93. The summed E-state index contributed by atoms with van der Waals surface area (Å²) in [4.78, 5) is 4.34. The van der Waals surface area contributed by atoms with Gasteiger partial charge >= 0.3 is 0 Å². The summed E-state index contributed by atoms with van der Waals surface area (Å²) < 4.78 is 5.66. The molecule has 3 rings (SSSR count). The van der Waals surface area contributed by atoms with Gasteiger partial charge in [0.05, 0.1) is 0 Å². The molecule has 0 saturated heterocycles. The largest absolute Gasteiger partial charge is 0.434 e. The number of anilines is 1. The van der Waals surface area contributed by atoms with Crippen molar-refractivity contribution in [3.8, 4) is 11.6 Å². The lowest BCUT2D eigenvalue weighted by molar-refractivity contribution is 0.614. The summed E-state index contributed by atoms with van der Waals surface area (Å²) in [5.41, 5.74) is 8.56. The molecule has 2 aromatic heterocycles. The zero-order valence-electron chi connectivity index (χ0n) is 8.99. The molecule has 0 saturated carbocycles. The van der Waals surface area contributed by atoms with E-state index in [4.69, 9.17) is 21.8 Å². The first-order chi connectivity index (χ1) is 8.13. The van der Waals surface area contributed by atoms with Crippen LogP contribution in [0.25, 0.3) is 22.7 Å². The van der Waals surface area contributed by atoms with Gasteiger partial charge in [-0.1, -0.05) is 11.6 Å². The number of aryl methyl sites for hydroxylation is 1. The van der Waals surface area contributed by atoms with Crippen LogP contribution >= 0.6 is 11.6 Å². The van der Waals surface area contributed by atoms with Gasteiger partial charge in [-0.05, 0) is 24.6 Å². The molecule has 1 aromatic carbocycles. The number of H-pyrrole nitrogens is 1. The van der Waals surface area contributed by atoms with Crippen molar-refractivity contribution >= 4 is 28.5 Å². The molecule has 3 N–H and O–H groups in total. The summed E-state index contributed by atoms with van der Waals surface area (Å²) in [5, 5.41) is 7.22. The Kier molecular flexibility index (Phi) is 2.09. The maximum Gasteiger partial charge on any atom is 0.245 e. The molecule has 2 heterocycles. The molecule has 0 spiro atoms. The summed E-state index contributed by atoms with van der Waals surface area (Å²) in [6, 6.07) is 5.26. The Morgan fingerprint density at radius 1 is 1.35 bits per heavy atom. The van der Waals surface area contributed by atoms with E-state index in [0.717, 1.165) is 16.7 Å². The summed E-state index contributed by atoms with van der Waals surface area (Å²) in [5.74, 6) is 0.853. The molecular weight excluding hydrogens is 240 g/mol. The van der Waals surface area contributed by atoms with Crippen LogP contribution in [-0.4, -0.2) is 15.2 Å². The predicted molar refractivity (Wildman–Crippen MR) is 65.8 cm³/mol. The third-order valence-corrected chi connectivity index (χ3v) is 2.69. The van der Waals surface area contributed by atoms with Crippen LogP contribution in [0.3, 0.4) is 0 Å². The first-order valence-corrected chi connectivity index (χ1v) is 5.39. The van der Waals surface area contributed by atoms with Gasteiger partial charge in [0.1, 0.15) is 17.0 Å². The quantitative estimate of drug-likeness (QED) is 0.694. The molecule has 6 heteroatoms. The molecule has 0 aliphatic rings. The summed E-state index contributed by atoms with van der Waals surface area (Å²) >= 11 is 5.96. The number of rotatable bonds is 1. The minimum atomic E-state index is 0.400. The third kappa shape index (κ3) is 1.64. The Hall–Kier alpha value is -2.01. The van der Waals surface area contributed by atoms with Gasteiger partial charge in [0.25, 0.3) is 0 Å². The lowest BCUT2D eigenvalue weighted by Crippen LogP contribution is -1.81. The molecule has 86 valence electrons. The zero-order chi connectivity index (χ0) is 12.0. The van der Waals surface area contributed by atoms with E-state index in [1.807, 2.05) is 13.0 Å². The summed E-state index contributed by atoms with van der Waals surface area (Å²) in [7, 11) is 0. The number of hydrogen-bond acceptors (Lipinski definition) is 4. The normalized spacial score (nSPS) is 11.2. The lowest BCUT2D eigenvalue weighted by atomic mass is 10.2. The van der Waals surface area contributed by atoms with Gasteiger partial charge in [0.15, 0.2) is 5.58 Å². The fourth-order valence-electron chi connectivity index (χ4n) is 1.72. The number of benzene rings is 1. The number of oxazole rings is 1. The highest BCUT2D eigenvalue weighted by molar-refractivity contribution is 6.31. The highest BCUT2D eigenvalue weighted by Crippen LogP contribution is 2.28. The zero-order valence-corrected chi connectivity index (χ0v) is 9.75. The fourth-order valence-corrected chi connectivity index (χ4v) is 1.99. The van der Waals surface area contributed by atoms with E-state index in [1.165, 1.54) is 0 Å². The monoisotopic (exact) mass is 248 g/mol. The van der Waals surface area contributed by atoms with Gasteiger partial charge in [-0.25, -0.2) is 4.98 Å². The Bertz CT molecular complexity index is 701. The minimum Gasteiger partial charge on any atom is -0.434 e. The van der Waals surface area contributed by atoms with Gasteiger partial charge in [0, 0.05) is 11.1 Å². The Balaban J connectivity index is 2.23. The van der Waals surface area contributed by atoms with Gasteiger partial charge < -0.3 is 10.2 Å². The van der Waals surface area contributed by atoms with E-state index in [2.05, 4.69) is 15.2 Å². The van der Waals surface area contributed by atoms with Crippen molar-refractivity contribution < 1.29 is 4.42 Å². The number of nitrogens with one attached hydrogen (secondary N) is 1. The predicted octanol–water partition coefficient (Wildman–Crippen LogP) is 2.76. The van der Waals surface area contributed by atoms with Crippen LogP contribution in [0.1, 0.15) is 5.56 Å². The van der Waals surface area contributed by atoms with Crippen LogP contribution in [-0.2, 0) is 0 Å². The molecule has 0 amide bonds. The summed E-state index contributed by atoms with van der Waals surface area (Å²) in [6.45, 7) is 1.92. The third-order valence-electron chi connectivity index (χ3n) is 2.47. The van der Waals surface area contributed by atoms with Gasteiger partial charge in [-0.2, -0.15) is 5.10 Å². The van der Waals surface area contributed by atoms with Gasteiger partial charge in [-0.15, -0.1) is 0 Å². The molecule has 5 nitrogen and oxygen atoms in total. The van der Waals surface area contributed by atoms with Crippen LogP contribution in [0.5, 0.6) is 0 Å². The Morgan fingerprint density at radius 2 is 2.18 bits per heavy atom. The van der Waals surface area contributed by atoms with Crippen molar-refractivity contribution in [1.29, 1.82) is 0 Å². The maximum atomic E-state index is 5.96. The van der Waals surface area contributed by atoms with E-state index in [9.17, 15) is 0 Å². The smallest absolute Gasteiger partial charge is 0.245 e. The molecule has 0 aliphatic heterocycles. The number of aromatic amines is 1. The Morgan fingerprint density at radius 3 is 2.88 bits per heavy atom. The van der Waals surface area contributed by atoms with Crippen LogP contribution in [0.2, 0.25) is 5.02 Å². The van der Waals surface area contributed by atoms with Crippen molar-refractivity contribution in [2.75, 3.05) is 5.73 Å². The number of hydrogen-bond donors (Lipinski definition) is 2. The molecule has 0 fully saturated rings. The molecular formula is C11H9ClN4O. The molecule has 0 bridgehead atoms. The van der Waals surface area contributed by atoms with Crippen LogP contribution < -0.4 is 5.73 Å². The van der Waals surface area contributed by atoms with Crippen molar-refractivity contribution in [2.24, 2.45) is 0 Å². The van der Waals surface area contributed by atoms with Crippen LogP contribution in [0.4, 0.5) is 5.82 Å². The topological polar surface area (TPSA) is 80.7 Å². The number of nitrogens with zero attached hydrogens (tertiary/aromatic N) is 2. The Labute approximate surface area is 102 Å². The number of fused-ring (bicyclic) bond motifs is 1. The standard InChI is InChI=1S/C11H9ClN4O/c1-5-2-6(12)3-7-10(5)17-11(14-7)8-4-9(13)16-15-8/h2-4H,1H3,(H3,13,15,16). The highest BCUT2D eigenvalue weighted by Gasteiger charge is 2.12. The van der Waals surface area contributed by atoms with E-state index in [1.54, 1.807) is 12.1 Å². The second-order valence-electron chi connectivity index (χ2n) is 3.80. The van der Waals surface area contributed by atoms with E-state index in [0.29, 0.717) is 22.4 Å². The van der Waals surface area contributed by atoms with Crippen molar-refractivity contribution in [3.05, 3.63) is 28.8 Å².